The Balaban J connectivity index is 1.87. The molecule has 25 heavy (non-hydrogen) atoms. The molecular formula is C18H15ClN4O2. The molecule has 3 N–H and O–H groups in total. The lowest BCUT2D eigenvalue weighted by atomic mass is 10.2. The van der Waals surface area contributed by atoms with Crippen LogP contribution < -0.4 is 10.6 Å². The molecule has 0 aliphatic heterocycles. The molecule has 0 radical (unpaired) electrons. The van der Waals surface area contributed by atoms with Crippen molar-refractivity contribution in [3.8, 4) is 0 Å². The number of carbonyl (C=O) groups is 1. The van der Waals surface area contributed by atoms with Gasteiger partial charge in [0.25, 0.3) is 0 Å². The Morgan fingerprint density at radius 3 is 2.52 bits per heavy atom. The van der Waals surface area contributed by atoms with E-state index in [-0.39, 0.29) is 10.6 Å². The van der Waals surface area contributed by atoms with Gasteiger partial charge in [0.15, 0.2) is 5.82 Å². The Bertz CT molecular complexity index is 913. The number of aromatic carboxylic acids is 1. The number of benzene rings is 2. The number of rotatable bonds is 5. The third-order valence-electron chi connectivity index (χ3n) is 3.46. The first-order valence-corrected chi connectivity index (χ1v) is 7.86. The van der Waals surface area contributed by atoms with E-state index in [0.717, 1.165) is 11.3 Å². The largest absolute Gasteiger partial charge is 0.478 e. The fourth-order valence-corrected chi connectivity index (χ4v) is 2.33. The zero-order chi connectivity index (χ0) is 17.8. The number of halogens is 1. The Morgan fingerprint density at radius 2 is 1.80 bits per heavy atom. The third kappa shape index (κ3) is 4.05. The molecular weight excluding hydrogens is 340 g/mol. The van der Waals surface area contributed by atoms with Crippen LogP contribution in [-0.4, -0.2) is 21.0 Å². The molecule has 0 spiro atoms. The summed E-state index contributed by atoms with van der Waals surface area (Å²) in [5.41, 5.74) is 2.52. The minimum atomic E-state index is -1.04. The van der Waals surface area contributed by atoms with E-state index in [1.807, 2.05) is 31.2 Å². The second-order valence-corrected chi connectivity index (χ2v) is 5.76. The highest BCUT2D eigenvalue weighted by molar-refractivity contribution is 6.33. The quantitative estimate of drug-likeness (QED) is 0.619. The second-order valence-electron chi connectivity index (χ2n) is 5.36. The monoisotopic (exact) mass is 354 g/mol. The van der Waals surface area contributed by atoms with Gasteiger partial charge in [-0.1, -0.05) is 41.4 Å². The summed E-state index contributed by atoms with van der Waals surface area (Å²) >= 11 is 6.14. The Kier molecular flexibility index (Phi) is 4.81. The highest BCUT2D eigenvalue weighted by Crippen LogP contribution is 2.26. The number of anilines is 4. The number of aromatic nitrogens is 2. The van der Waals surface area contributed by atoms with Crippen LogP contribution in [0.5, 0.6) is 0 Å². The lowest BCUT2D eigenvalue weighted by Gasteiger charge is -2.12. The molecule has 0 aliphatic carbocycles. The molecule has 126 valence electrons. The van der Waals surface area contributed by atoms with E-state index in [1.165, 1.54) is 12.3 Å². The SMILES string of the molecule is Cc1ccc(Nc2ncc(Cl)c(Nc3ccccc3C(=O)O)n2)cc1. The van der Waals surface area contributed by atoms with Gasteiger partial charge >= 0.3 is 5.97 Å². The van der Waals surface area contributed by atoms with Gasteiger partial charge in [-0.25, -0.2) is 9.78 Å². The van der Waals surface area contributed by atoms with Gasteiger partial charge < -0.3 is 15.7 Å². The molecule has 1 aromatic heterocycles. The summed E-state index contributed by atoms with van der Waals surface area (Å²) in [5.74, 6) is -0.366. The first-order chi connectivity index (χ1) is 12.0. The maximum absolute atomic E-state index is 11.3. The molecule has 6 nitrogen and oxygen atoms in total. The van der Waals surface area contributed by atoms with E-state index in [1.54, 1.807) is 18.2 Å². The third-order valence-corrected chi connectivity index (χ3v) is 3.74. The highest BCUT2D eigenvalue weighted by atomic mass is 35.5. The Morgan fingerprint density at radius 1 is 1.08 bits per heavy atom. The van der Waals surface area contributed by atoms with Crippen LogP contribution in [0, 0.1) is 6.92 Å². The van der Waals surface area contributed by atoms with Crippen LogP contribution >= 0.6 is 11.6 Å². The van der Waals surface area contributed by atoms with Gasteiger partial charge in [-0.3, -0.25) is 0 Å². The molecule has 0 unspecified atom stereocenters. The number of hydrogen-bond acceptors (Lipinski definition) is 5. The van der Waals surface area contributed by atoms with E-state index < -0.39 is 5.97 Å². The molecule has 0 aliphatic rings. The van der Waals surface area contributed by atoms with Crippen LogP contribution in [0.2, 0.25) is 5.02 Å². The van der Waals surface area contributed by atoms with Gasteiger partial charge in [-0.2, -0.15) is 4.98 Å². The van der Waals surface area contributed by atoms with Crippen LogP contribution in [0.1, 0.15) is 15.9 Å². The number of nitrogens with one attached hydrogen (secondary N) is 2. The molecule has 1 heterocycles. The van der Waals surface area contributed by atoms with Gasteiger partial charge in [0.05, 0.1) is 17.4 Å². The summed E-state index contributed by atoms with van der Waals surface area (Å²) in [6.07, 6.45) is 1.46. The zero-order valence-electron chi connectivity index (χ0n) is 13.3. The number of hydrogen-bond donors (Lipinski definition) is 3. The van der Waals surface area contributed by atoms with Gasteiger partial charge in [-0.15, -0.1) is 0 Å². The molecule has 0 atom stereocenters. The number of para-hydroxylation sites is 1. The Labute approximate surface area is 149 Å². The lowest BCUT2D eigenvalue weighted by molar-refractivity contribution is 0.0698. The molecule has 7 heteroatoms. The van der Waals surface area contributed by atoms with Crippen molar-refractivity contribution in [2.75, 3.05) is 10.6 Å². The van der Waals surface area contributed by atoms with E-state index in [2.05, 4.69) is 20.6 Å². The lowest BCUT2D eigenvalue weighted by Crippen LogP contribution is -2.05. The van der Waals surface area contributed by atoms with Crippen molar-refractivity contribution in [1.29, 1.82) is 0 Å². The molecule has 3 rings (SSSR count). The van der Waals surface area contributed by atoms with E-state index >= 15 is 0 Å². The van der Waals surface area contributed by atoms with Crippen molar-refractivity contribution in [3.05, 3.63) is 70.9 Å². The average Bonchev–Trinajstić information content (AvgIpc) is 2.60. The van der Waals surface area contributed by atoms with Crippen molar-refractivity contribution in [3.63, 3.8) is 0 Å². The van der Waals surface area contributed by atoms with Gasteiger partial charge in [0.1, 0.15) is 5.02 Å². The second kappa shape index (κ2) is 7.19. The van der Waals surface area contributed by atoms with E-state index in [9.17, 15) is 9.90 Å². The van der Waals surface area contributed by atoms with Crippen LogP contribution in [0.3, 0.4) is 0 Å². The van der Waals surface area contributed by atoms with Crippen LogP contribution in [0.4, 0.5) is 23.1 Å². The normalized spacial score (nSPS) is 10.3. The van der Waals surface area contributed by atoms with Crippen molar-refractivity contribution in [2.45, 2.75) is 6.92 Å². The number of carboxylic acid groups (broad SMARTS) is 1. The smallest absolute Gasteiger partial charge is 0.337 e. The maximum Gasteiger partial charge on any atom is 0.337 e. The molecule has 3 aromatic rings. The fraction of sp³-hybridized carbons (Fsp3) is 0.0556. The van der Waals surface area contributed by atoms with Gasteiger partial charge in [0, 0.05) is 5.69 Å². The topological polar surface area (TPSA) is 87.1 Å². The van der Waals surface area contributed by atoms with Gasteiger partial charge in [0.2, 0.25) is 5.95 Å². The summed E-state index contributed by atoms with van der Waals surface area (Å²) in [7, 11) is 0. The number of carboxylic acids is 1. The molecule has 0 saturated carbocycles. The van der Waals surface area contributed by atoms with E-state index in [4.69, 9.17) is 11.6 Å². The highest BCUT2D eigenvalue weighted by Gasteiger charge is 2.12. The predicted octanol–water partition coefficient (Wildman–Crippen LogP) is 4.62. The number of aryl methyl sites for hydroxylation is 1. The first kappa shape index (κ1) is 16.7. The summed E-state index contributed by atoms with van der Waals surface area (Å²) in [6, 6.07) is 14.3. The zero-order valence-corrected chi connectivity index (χ0v) is 14.1. The van der Waals surface area contributed by atoms with Crippen molar-refractivity contribution >= 4 is 40.7 Å². The van der Waals surface area contributed by atoms with Crippen LogP contribution in [0.15, 0.2) is 54.7 Å². The Hall–Kier alpha value is -3.12. The molecule has 0 bridgehead atoms. The van der Waals surface area contributed by atoms with E-state index in [0.29, 0.717) is 17.5 Å². The molecule has 0 saturated heterocycles. The van der Waals surface area contributed by atoms with Crippen molar-refractivity contribution < 1.29 is 9.90 Å². The van der Waals surface area contributed by atoms with Crippen molar-refractivity contribution in [2.24, 2.45) is 0 Å². The standard InChI is InChI=1S/C18H15ClN4O2/c1-11-6-8-12(9-7-11)21-18-20-10-14(19)16(23-18)22-15-5-3-2-4-13(15)17(24)25/h2-10H,1H3,(H,24,25)(H2,20,21,22,23). The van der Waals surface area contributed by atoms with Gasteiger partial charge in [-0.05, 0) is 31.2 Å². The molecule has 2 aromatic carbocycles. The molecule has 0 fully saturated rings. The summed E-state index contributed by atoms with van der Waals surface area (Å²) in [6.45, 7) is 2.00. The fourth-order valence-electron chi connectivity index (χ4n) is 2.19. The average molecular weight is 355 g/mol. The number of nitrogens with zero attached hydrogens (tertiary/aromatic N) is 2. The molecule has 0 amide bonds. The summed E-state index contributed by atoms with van der Waals surface area (Å²) < 4.78 is 0. The minimum absolute atomic E-state index is 0.130. The maximum atomic E-state index is 11.3. The predicted molar refractivity (Wildman–Crippen MR) is 98.2 cm³/mol. The first-order valence-electron chi connectivity index (χ1n) is 7.48. The van der Waals surface area contributed by atoms with Crippen LogP contribution in [0.25, 0.3) is 0 Å². The summed E-state index contributed by atoms with van der Waals surface area (Å²) in [5, 5.41) is 15.6. The summed E-state index contributed by atoms with van der Waals surface area (Å²) in [4.78, 5) is 19.8. The van der Waals surface area contributed by atoms with Crippen LogP contribution in [-0.2, 0) is 0 Å². The van der Waals surface area contributed by atoms with Crippen molar-refractivity contribution in [1.82, 2.24) is 9.97 Å². The minimum Gasteiger partial charge on any atom is -0.478 e.